The molecule has 11 heavy (non-hydrogen) atoms. The van der Waals surface area contributed by atoms with Gasteiger partial charge in [-0.15, -0.1) is 0 Å². The average Bonchev–Trinajstić information content (AvgIpc) is 2.05. The van der Waals surface area contributed by atoms with Crippen molar-refractivity contribution in [3.63, 3.8) is 0 Å². The van der Waals surface area contributed by atoms with E-state index in [1.54, 1.807) is 7.11 Å². The lowest BCUT2D eigenvalue weighted by Gasteiger charge is -2.03. The van der Waals surface area contributed by atoms with E-state index in [2.05, 4.69) is 31.9 Å². The highest BCUT2D eigenvalue weighted by Crippen LogP contribution is 2.26. The van der Waals surface area contributed by atoms with Gasteiger partial charge in [0.15, 0.2) is 0 Å². The van der Waals surface area contributed by atoms with Gasteiger partial charge in [-0.2, -0.15) is 0 Å². The van der Waals surface area contributed by atoms with Crippen molar-refractivity contribution >= 4 is 31.9 Å². The molecule has 0 N–H and O–H groups in total. The van der Waals surface area contributed by atoms with Crippen LogP contribution in [-0.2, 0) is 5.33 Å². The topological polar surface area (TPSA) is 9.23 Å². The summed E-state index contributed by atoms with van der Waals surface area (Å²) in [4.78, 5) is 0. The predicted molar refractivity (Wildman–Crippen MR) is 53.3 cm³/mol. The van der Waals surface area contributed by atoms with Crippen molar-refractivity contribution in [1.82, 2.24) is 0 Å². The highest BCUT2D eigenvalue weighted by atomic mass is 79.9. The molecule has 0 aliphatic heterocycles. The van der Waals surface area contributed by atoms with Crippen LogP contribution in [0.25, 0.3) is 0 Å². The molecule has 1 rings (SSSR count). The van der Waals surface area contributed by atoms with E-state index in [4.69, 9.17) is 4.74 Å². The van der Waals surface area contributed by atoms with Gasteiger partial charge in [-0.1, -0.05) is 22.0 Å². The molecule has 3 heteroatoms. The Labute approximate surface area is 83.0 Å². The van der Waals surface area contributed by atoms with E-state index in [-0.39, 0.29) is 0 Å². The van der Waals surface area contributed by atoms with Crippen molar-refractivity contribution in [3.05, 3.63) is 28.2 Å². The maximum absolute atomic E-state index is 5.12. The Hall–Kier alpha value is -0.0200. The summed E-state index contributed by atoms with van der Waals surface area (Å²) in [5.41, 5.74) is 1.21. The molecule has 0 saturated carbocycles. The Kier molecular flexibility index (Phi) is 3.40. The number of hydrogen-bond acceptors (Lipinski definition) is 1. The quantitative estimate of drug-likeness (QED) is 0.755. The van der Waals surface area contributed by atoms with Gasteiger partial charge >= 0.3 is 0 Å². The molecule has 0 aliphatic carbocycles. The summed E-state index contributed by atoms with van der Waals surface area (Å²) in [7, 11) is 1.66. The Bertz CT molecular complexity index is 248. The van der Waals surface area contributed by atoms with E-state index in [1.165, 1.54) is 5.56 Å². The van der Waals surface area contributed by atoms with Crippen LogP contribution in [0.4, 0.5) is 0 Å². The average molecular weight is 280 g/mol. The van der Waals surface area contributed by atoms with Gasteiger partial charge in [0.1, 0.15) is 5.75 Å². The number of methoxy groups -OCH3 is 1. The van der Waals surface area contributed by atoms with Crippen LogP contribution in [0.2, 0.25) is 0 Å². The molecule has 0 spiro atoms. The molecule has 1 aromatic rings. The first-order valence-corrected chi connectivity index (χ1v) is 5.07. The zero-order valence-corrected chi connectivity index (χ0v) is 9.28. The third kappa shape index (κ3) is 2.20. The first-order valence-electron chi connectivity index (χ1n) is 3.16. The van der Waals surface area contributed by atoms with Crippen molar-refractivity contribution in [2.75, 3.05) is 7.11 Å². The normalized spacial score (nSPS) is 9.73. The van der Waals surface area contributed by atoms with Gasteiger partial charge in [-0.3, -0.25) is 0 Å². The molecule has 1 aromatic carbocycles. The Morgan fingerprint density at radius 1 is 1.45 bits per heavy atom. The predicted octanol–water partition coefficient (Wildman–Crippen LogP) is 3.35. The lowest BCUT2D eigenvalue weighted by atomic mass is 10.2. The fourth-order valence-corrected chi connectivity index (χ4v) is 1.54. The summed E-state index contributed by atoms with van der Waals surface area (Å²) in [5.74, 6) is 0.877. The molecule has 0 fully saturated rings. The fourth-order valence-electron chi connectivity index (χ4n) is 0.787. The van der Waals surface area contributed by atoms with E-state index in [0.717, 1.165) is 15.6 Å². The number of halogens is 2. The highest BCUT2D eigenvalue weighted by molar-refractivity contribution is 9.10. The van der Waals surface area contributed by atoms with Crippen LogP contribution in [0.3, 0.4) is 0 Å². The largest absolute Gasteiger partial charge is 0.496 e. The summed E-state index contributed by atoms with van der Waals surface area (Å²) < 4.78 is 6.11. The van der Waals surface area contributed by atoms with Crippen LogP contribution >= 0.6 is 31.9 Å². The molecule has 1 nitrogen and oxygen atoms in total. The van der Waals surface area contributed by atoms with Gasteiger partial charge in [-0.25, -0.2) is 0 Å². The molecule has 0 saturated heterocycles. The molecule has 0 radical (unpaired) electrons. The summed E-state index contributed by atoms with van der Waals surface area (Å²) >= 11 is 6.75. The minimum Gasteiger partial charge on any atom is -0.496 e. The Morgan fingerprint density at radius 2 is 2.18 bits per heavy atom. The smallest absolute Gasteiger partial charge is 0.133 e. The highest BCUT2D eigenvalue weighted by Gasteiger charge is 1.99. The van der Waals surface area contributed by atoms with Crippen molar-refractivity contribution in [2.24, 2.45) is 0 Å². The maximum atomic E-state index is 5.12. The van der Waals surface area contributed by atoms with E-state index in [0.29, 0.717) is 0 Å². The van der Waals surface area contributed by atoms with Gasteiger partial charge in [0.05, 0.1) is 11.6 Å². The lowest BCUT2D eigenvalue weighted by Crippen LogP contribution is -1.85. The van der Waals surface area contributed by atoms with Crippen molar-refractivity contribution in [2.45, 2.75) is 5.33 Å². The first kappa shape index (κ1) is 9.07. The minimum atomic E-state index is 0.858. The number of rotatable bonds is 2. The van der Waals surface area contributed by atoms with Crippen molar-refractivity contribution in [3.8, 4) is 5.75 Å². The fraction of sp³-hybridized carbons (Fsp3) is 0.250. The molecular weight excluding hydrogens is 272 g/mol. The van der Waals surface area contributed by atoms with Gasteiger partial charge < -0.3 is 4.74 Å². The van der Waals surface area contributed by atoms with E-state index >= 15 is 0 Å². The molecule has 0 heterocycles. The Balaban J connectivity index is 3.02. The molecule has 0 aromatic heterocycles. The van der Waals surface area contributed by atoms with Crippen LogP contribution in [0.15, 0.2) is 22.7 Å². The van der Waals surface area contributed by atoms with Gasteiger partial charge in [0.25, 0.3) is 0 Å². The lowest BCUT2D eigenvalue weighted by molar-refractivity contribution is 0.412. The summed E-state index contributed by atoms with van der Waals surface area (Å²) in [5, 5.41) is 0.858. The van der Waals surface area contributed by atoms with Gasteiger partial charge in [0, 0.05) is 5.33 Å². The first-order chi connectivity index (χ1) is 5.27. The van der Waals surface area contributed by atoms with E-state index in [1.807, 2.05) is 18.2 Å². The Morgan fingerprint density at radius 3 is 2.73 bits per heavy atom. The number of ether oxygens (including phenoxy) is 1. The molecular formula is C8H8Br2O. The van der Waals surface area contributed by atoms with Crippen molar-refractivity contribution in [1.29, 1.82) is 0 Å². The third-order valence-electron chi connectivity index (χ3n) is 1.37. The van der Waals surface area contributed by atoms with Crippen LogP contribution in [0.5, 0.6) is 5.75 Å². The zero-order valence-electron chi connectivity index (χ0n) is 6.10. The van der Waals surface area contributed by atoms with Gasteiger partial charge in [-0.05, 0) is 33.6 Å². The van der Waals surface area contributed by atoms with E-state index in [9.17, 15) is 0 Å². The number of hydrogen-bond donors (Lipinski definition) is 0. The summed E-state index contributed by atoms with van der Waals surface area (Å²) in [6, 6.07) is 6.02. The maximum Gasteiger partial charge on any atom is 0.133 e. The van der Waals surface area contributed by atoms with Crippen LogP contribution in [0, 0.1) is 0 Å². The van der Waals surface area contributed by atoms with E-state index < -0.39 is 0 Å². The van der Waals surface area contributed by atoms with Crippen LogP contribution in [0.1, 0.15) is 5.56 Å². The molecule has 0 aliphatic rings. The summed E-state index contributed by atoms with van der Waals surface area (Å²) in [6.45, 7) is 0. The molecule has 0 atom stereocenters. The second-order valence-corrected chi connectivity index (χ2v) is 3.52. The van der Waals surface area contributed by atoms with Gasteiger partial charge in [0.2, 0.25) is 0 Å². The standard InChI is InChI=1S/C8H8Br2O/c1-11-8-4-6(5-9)2-3-7(8)10/h2-4H,5H2,1H3. The summed E-state index contributed by atoms with van der Waals surface area (Å²) in [6.07, 6.45) is 0. The van der Waals surface area contributed by atoms with Crippen LogP contribution < -0.4 is 4.74 Å². The monoisotopic (exact) mass is 278 g/mol. The van der Waals surface area contributed by atoms with Crippen molar-refractivity contribution < 1.29 is 4.74 Å². The molecule has 60 valence electrons. The SMILES string of the molecule is COc1cc(CBr)ccc1Br. The molecule has 0 amide bonds. The third-order valence-corrected chi connectivity index (χ3v) is 2.67. The second kappa shape index (κ2) is 4.12. The zero-order chi connectivity index (χ0) is 8.27. The number of alkyl halides is 1. The number of benzene rings is 1. The second-order valence-electron chi connectivity index (χ2n) is 2.10. The molecule has 0 unspecified atom stereocenters. The van der Waals surface area contributed by atoms with Crippen LogP contribution in [-0.4, -0.2) is 7.11 Å². The molecule has 0 bridgehead atoms. The minimum absolute atomic E-state index is 0.858.